The van der Waals surface area contributed by atoms with Gasteiger partial charge in [0.15, 0.2) is 11.6 Å². The van der Waals surface area contributed by atoms with Crippen LogP contribution in [0.3, 0.4) is 0 Å². The third-order valence-corrected chi connectivity index (χ3v) is 8.16. The van der Waals surface area contributed by atoms with Crippen LogP contribution in [0.25, 0.3) is 22.0 Å². The molecule has 2 aromatic heterocycles. The Kier molecular flexibility index (Phi) is 9.00. The third-order valence-electron chi connectivity index (χ3n) is 7.77. The van der Waals surface area contributed by atoms with Crippen LogP contribution in [0, 0.1) is 28.9 Å². The molecule has 5 N–H and O–H groups in total. The molecule has 4 aromatic rings. The first-order valence-corrected chi connectivity index (χ1v) is 15.7. The molecule has 1 unspecified atom stereocenters. The molecule has 1 aliphatic rings. The number of pyridine rings is 1. The van der Waals surface area contributed by atoms with Crippen LogP contribution in [0.5, 0.6) is 0 Å². The van der Waals surface area contributed by atoms with Gasteiger partial charge in [-0.05, 0) is 73.4 Å². The Hall–Kier alpha value is -4.32. The van der Waals surface area contributed by atoms with E-state index in [1.165, 1.54) is 6.07 Å². The summed E-state index contributed by atoms with van der Waals surface area (Å²) >= 11 is 1.12. The Labute approximate surface area is 258 Å². The molecule has 0 aliphatic heterocycles. The number of anilines is 1. The van der Waals surface area contributed by atoms with Crippen LogP contribution in [0.1, 0.15) is 71.1 Å². The number of nitrogens with two attached hydrogens (primary N) is 1. The molecule has 0 radical (unpaired) electrons. The first kappa shape index (κ1) is 31.1. The van der Waals surface area contributed by atoms with Crippen molar-refractivity contribution in [3.05, 3.63) is 76.1 Å². The number of fused-ring (bicyclic) bond motifs is 1. The predicted octanol–water partition coefficient (Wildman–Crippen LogP) is 5.94. The van der Waals surface area contributed by atoms with Gasteiger partial charge in [-0.15, -0.1) is 0 Å². The number of amides is 2. The zero-order valence-electron chi connectivity index (χ0n) is 25.0. The Bertz CT molecular complexity index is 1770. The first-order valence-electron chi connectivity index (χ1n) is 14.4. The van der Waals surface area contributed by atoms with Crippen molar-refractivity contribution in [1.82, 2.24) is 19.5 Å². The zero-order valence-corrected chi connectivity index (χ0v) is 25.8. The summed E-state index contributed by atoms with van der Waals surface area (Å²) in [5.74, 6) is -1.88. The lowest BCUT2D eigenvalue weighted by Crippen LogP contribution is -2.24. The minimum absolute atomic E-state index is 0.0821. The van der Waals surface area contributed by atoms with E-state index in [0.717, 1.165) is 43.1 Å². The number of carbonyl (C=O) groups excluding carboxylic acids is 2. The fraction of sp³-hybridized carbons (Fsp3) is 0.344. The second-order valence-corrected chi connectivity index (χ2v) is 12.2. The molecular formula is C32H35F2N7O2S. The number of primary amides is 1. The van der Waals surface area contributed by atoms with Crippen molar-refractivity contribution < 1.29 is 18.4 Å². The number of carbonyl (C=O) groups is 2. The van der Waals surface area contributed by atoms with Gasteiger partial charge in [0.25, 0.3) is 11.8 Å². The highest BCUT2D eigenvalue weighted by Gasteiger charge is 2.31. The number of nitrogens with zero attached hydrogens (tertiary/aromatic N) is 3. The van der Waals surface area contributed by atoms with Gasteiger partial charge in [0.1, 0.15) is 5.82 Å². The highest BCUT2D eigenvalue weighted by molar-refractivity contribution is 7.97. The van der Waals surface area contributed by atoms with Gasteiger partial charge < -0.3 is 16.5 Å². The van der Waals surface area contributed by atoms with E-state index in [4.69, 9.17) is 16.1 Å². The highest BCUT2D eigenvalue weighted by Crippen LogP contribution is 2.39. The standard InChI is InChI=1S/C32H35F2N7O2S/c1-16(2)9-26-28(30(36)42)27(23(13-35)31(39-26)38-17(3)19-6-7-19)20-11-21-14-37-41(15-18-5-8-24(33)25(34)10-18)29(21)22(12-20)32(43)40-44-4/h5,8,10-14,16-17,19,35H,6-7,9,15H2,1-4H3,(H2,36,42)(H,38,39)(H,40,43). The molecule has 0 bridgehead atoms. The topological polar surface area (TPSA) is 139 Å². The molecule has 230 valence electrons. The molecular weight excluding hydrogens is 584 g/mol. The van der Waals surface area contributed by atoms with Crippen molar-refractivity contribution in [2.24, 2.45) is 17.6 Å². The highest BCUT2D eigenvalue weighted by atomic mass is 32.2. The Morgan fingerprint density at radius 2 is 1.93 bits per heavy atom. The van der Waals surface area contributed by atoms with E-state index < -0.39 is 23.4 Å². The Morgan fingerprint density at radius 3 is 2.55 bits per heavy atom. The molecule has 1 atom stereocenters. The van der Waals surface area contributed by atoms with Gasteiger partial charge in [0.2, 0.25) is 0 Å². The van der Waals surface area contributed by atoms with Crippen molar-refractivity contribution in [1.29, 1.82) is 5.41 Å². The Balaban J connectivity index is 1.76. The summed E-state index contributed by atoms with van der Waals surface area (Å²) in [4.78, 5) is 31.4. The SMILES string of the molecule is CSNC(=O)c1cc(-c2c(C=N)c(NC(C)C3CC3)nc(CC(C)C)c2C(N)=O)cc2cnn(Cc3ccc(F)c(F)c3)c12. The Morgan fingerprint density at radius 1 is 1.18 bits per heavy atom. The number of halogens is 2. The maximum Gasteiger partial charge on any atom is 0.263 e. The van der Waals surface area contributed by atoms with Crippen molar-refractivity contribution in [2.75, 3.05) is 11.6 Å². The van der Waals surface area contributed by atoms with Gasteiger partial charge >= 0.3 is 0 Å². The van der Waals surface area contributed by atoms with E-state index >= 15 is 0 Å². The van der Waals surface area contributed by atoms with E-state index in [2.05, 4.69) is 22.1 Å². The molecule has 12 heteroatoms. The average molecular weight is 620 g/mol. The summed E-state index contributed by atoms with van der Waals surface area (Å²) in [7, 11) is 0. The van der Waals surface area contributed by atoms with E-state index in [9.17, 15) is 18.4 Å². The molecule has 1 saturated carbocycles. The third kappa shape index (κ3) is 6.30. The second kappa shape index (κ2) is 12.7. The lowest BCUT2D eigenvalue weighted by atomic mass is 9.89. The van der Waals surface area contributed by atoms with Crippen molar-refractivity contribution in [2.45, 2.75) is 52.6 Å². The van der Waals surface area contributed by atoms with Crippen LogP contribution in [-0.4, -0.2) is 45.1 Å². The predicted molar refractivity (Wildman–Crippen MR) is 170 cm³/mol. The van der Waals surface area contributed by atoms with E-state index in [1.54, 1.807) is 29.3 Å². The second-order valence-electron chi connectivity index (χ2n) is 11.6. The summed E-state index contributed by atoms with van der Waals surface area (Å²) in [6, 6.07) is 7.16. The average Bonchev–Trinajstić information content (AvgIpc) is 3.75. The largest absolute Gasteiger partial charge is 0.367 e. The first-order chi connectivity index (χ1) is 21.0. The lowest BCUT2D eigenvalue weighted by molar-refractivity contribution is 0.0982. The normalized spacial score (nSPS) is 13.7. The van der Waals surface area contributed by atoms with Crippen LogP contribution in [0.4, 0.5) is 14.6 Å². The van der Waals surface area contributed by atoms with E-state index in [0.29, 0.717) is 57.0 Å². The van der Waals surface area contributed by atoms with Crippen LogP contribution < -0.4 is 15.8 Å². The molecule has 1 aliphatic carbocycles. The van der Waals surface area contributed by atoms with Crippen LogP contribution >= 0.6 is 11.9 Å². The summed E-state index contributed by atoms with van der Waals surface area (Å²) in [5, 5.41) is 16.9. The summed E-state index contributed by atoms with van der Waals surface area (Å²) in [5.41, 5.74) is 9.21. The number of nitrogens with one attached hydrogen (secondary N) is 3. The molecule has 0 spiro atoms. The monoisotopic (exact) mass is 619 g/mol. The molecule has 5 rings (SSSR count). The maximum absolute atomic E-state index is 14.0. The minimum atomic E-state index is -0.977. The van der Waals surface area contributed by atoms with Gasteiger partial charge in [-0.1, -0.05) is 31.9 Å². The quantitative estimate of drug-likeness (QED) is 0.114. The van der Waals surface area contributed by atoms with Crippen molar-refractivity contribution in [3.8, 4) is 11.1 Å². The maximum atomic E-state index is 14.0. The summed E-state index contributed by atoms with van der Waals surface area (Å²) in [6.07, 6.45) is 7.15. The fourth-order valence-corrected chi connectivity index (χ4v) is 5.85. The van der Waals surface area contributed by atoms with Gasteiger partial charge in [0.05, 0.1) is 35.1 Å². The van der Waals surface area contributed by atoms with Crippen LogP contribution in [0.15, 0.2) is 36.5 Å². The molecule has 0 saturated heterocycles. The summed E-state index contributed by atoms with van der Waals surface area (Å²) < 4.78 is 31.9. The molecule has 44 heavy (non-hydrogen) atoms. The molecule has 1 fully saturated rings. The molecule has 2 amide bonds. The van der Waals surface area contributed by atoms with Gasteiger partial charge in [-0.25, -0.2) is 13.8 Å². The lowest BCUT2D eigenvalue weighted by Gasteiger charge is -2.23. The molecule has 2 aromatic carbocycles. The van der Waals surface area contributed by atoms with Crippen LogP contribution in [0.2, 0.25) is 0 Å². The number of benzene rings is 2. The van der Waals surface area contributed by atoms with Crippen molar-refractivity contribution >= 4 is 46.7 Å². The number of hydrogen-bond acceptors (Lipinski definition) is 7. The van der Waals surface area contributed by atoms with E-state index in [1.807, 2.05) is 13.8 Å². The van der Waals surface area contributed by atoms with E-state index in [-0.39, 0.29) is 29.6 Å². The zero-order chi connectivity index (χ0) is 31.7. The fourth-order valence-electron chi connectivity index (χ4n) is 5.56. The number of hydrogen-bond donors (Lipinski definition) is 4. The van der Waals surface area contributed by atoms with Gasteiger partial charge in [-0.2, -0.15) is 5.10 Å². The molecule has 2 heterocycles. The van der Waals surface area contributed by atoms with Crippen LogP contribution in [-0.2, 0) is 13.0 Å². The summed E-state index contributed by atoms with van der Waals surface area (Å²) in [6.45, 7) is 6.21. The minimum Gasteiger partial charge on any atom is -0.367 e. The smallest absolute Gasteiger partial charge is 0.263 e. The van der Waals surface area contributed by atoms with Crippen molar-refractivity contribution in [3.63, 3.8) is 0 Å². The number of rotatable bonds is 12. The van der Waals surface area contributed by atoms with Gasteiger partial charge in [-0.3, -0.25) is 19.0 Å². The molecule has 9 nitrogen and oxygen atoms in total. The number of aromatic nitrogens is 3. The van der Waals surface area contributed by atoms with Gasteiger partial charge in [0, 0.05) is 35.0 Å².